The van der Waals surface area contributed by atoms with Crippen molar-refractivity contribution in [3.8, 4) is 23.0 Å². The van der Waals surface area contributed by atoms with E-state index in [0.29, 0.717) is 64.6 Å². The lowest BCUT2D eigenvalue weighted by Gasteiger charge is -2.24. The molecule has 42 heavy (non-hydrogen) atoms. The molecule has 1 amide bonds. The van der Waals surface area contributed by atoms with Crippen LogP contribution in [0.3, 0.4) is 0 Å². The first kappa shape index (κ1) is 27.6. The van der Waals surface area contributed by atoms with Crippen LogP contribution in [0.1, 0.15) is 43.4 Å². The van der Waals surface area contributed by atoms with E-state index in [-0.39, 0.29) is 11.3 Å². The molecule has 0 spiro atoms. The second-order valence-electron chi connectivity index (χ2n) is 9.99. The number of hydrogen-bond donors (Lipinski definition) is 1. The highest BCUT2D eigenvalue weighted by atomic mass is 32.1. The van der Waals surface area contributed by atoms with Crippen LogP contribution in [0.25, 0.3) is 16.0 Å². The molecule has 1 atom stereocenters. The minimum absolute atomic E-state index is 0.0448. The molecule has 1 aromatic heterocycles. The molecule has 3 aromatic carbocycles. The van der Waals surface area contributed by atoms with Crippen LogP contribution in [-0.2, 0) is 9.59 Å². The molecule has 10 heteroatoms. The van der Waals surface area contributed by atoms with E-state index in [2.05, 4.69) is 6.92 Å². The number of benzene rings is 3. The number of aromatic nitrogens is 1. The zero-order valence-corrected chi connectivity index (χ0v) is 24.1. The van der Waals surface area contributed by atoms with Crippen molar-refractivity contribution in [3.63, 3.8) is 0 Å². The number of ether oxygens (including phenoxy) is 4. The van der Waals surface area contributed by atoms with Crippen molar-refractivity contribution in [2.45, 2.75) is 32.2 Å². The highest BCUT2D eigenvalue weighted by Crippen LogP contribution is 2.46. The number of thiazole rings is 1. The highest BCUT2D eigenvalue weighted by Gasteiger charge is 2.48. The zero-order valence-electron chi connectivity index (χ0n) is 23.3. The molecule has 2 aliphatic heterocycles. The molecule has 1 N–H and O–H groups in total. The lowest BCUT2D eigenvalue weighted by Crippen LogP contribution is -2.29. The quantitative estimate of drug-likeness (QED) is 0.106. The van der Waals surface area contributed by atoms with Crippen molar-refractivity contribution >= 4 is 44.1 Å². The van der Waals surface area contributed by atoms with Gasteiger partial charge in [0.05, 0.1) is 35.5 Å². The summed E-state index contributed by atoms with van der Waals surface area (Å²) >= 11 is 1.27. The maximum absolute atomic E-state index is 13.7. The Morgan fingerprint density at radius 2 is 1.86 bits per heavy atom. The monoisotopic (exact) mass is 586 g/mol. The van der Waals surface area contributed by atoms with E-state index in [0.717, 1.165) is 24.0 Å². The number of unbranched alkanes of at least 4 members (excludes halogenated alkanes) is 2. The third-order valence-electron chi connectivity index (χ3n) is 7.24. The summed E-state index contributed by atoms with van der Waals surface area (Å²) in [6, 6.07) is 16.7. The highest BCUT2D eigenvalue weighted by molar-refractivity contribution is 7.22. The smallest absolute Gasteiger partial charge is 0.301 e. The van der Waals surface area contributed by atoms with Gasteiger partial charge in [0.2, 0.25) is 0 Å². The Morgan fingerprint density at radius 3 is 2.67 bits per heavy atom. The number of carbonyl (C=O) groups excluding carboxylic acids is 2. The molecule has 4 aromatic rings. The number of amides is 1. The number of aliphatic hydroxyl groups is 1. The molecule has 0 bridgehead atoms. The summed E-state index contributed by atoms with van der Waals surface area (Å²) in [6.07, 6.45) is 3.04. The second kappa shape index (κ2) is 11.7. The van der Waals surface area contributed by atoms with E-state index in [1.807, 2.05) is 30.3 Å². The van der Waals surface area contributed by atoms with Gasteiger partial charge in [0, 0.05) is 5.56 Å². The summed E-state index contributed by atoms with van der Waals surface area (Å²) < 4.78 is 23.5. The van der Waals surface area contributed by atoms with Crippen LogP contribution in [0.4, 0.5) is 5.13 Å². The van der Waals surface area contributed by atoms with Gasteiger partial charge in [-0.2, -0.15) is 0 Å². The van der Waals surface area contributed by atoms with E-state index in [9.17, 15) is 14.7 Å². The number of aliphatic hydroxyl groups excluding tert-OH is 1. The molecule has 0 radical (unpaired) electrons. The molecule has 9 nitrogen and oxygen atoms in total. The first-order valence-corrected chi connectivity index (χ1v) is 14.7. The van der Waals surface area contributed by atoms with Crippen molar-refractivity contribution in [2.24, 2.45) is 0 Å². The molecule has 216 valence electrons. The Hall–Kier alpha value is -4.57. The number of fused-ring (bicyclic) bond motifs is 2. The van der Waals surface area contributed by atoms with Crippen molar-refractivity contribution in [1.82, 2.24) is 4.98 Å². The molecule has 2 aliphatic rings. The maximum Gasteiger partial charge on any atom is 0.301 e. The van der Waals surface area contributed by atoms with E-state index >= 15 is 0 Å². The van der Waals surface area contributed by atoms with Gasteiger partial charge in [0.25, 0.3) is 5.78 Å². The number of carbonyl (C=O) groups is 2. The summed E-state index contributed by atoms with van der Waals surface area (Å²) in [7, 11) is 1.58. The molecule has 1 fully saturated rings. The Labute approximate surface area is 246 Å². The number of rotatable bonds is 9. The van der Waals surface area contributed by atoms with Gasteiger partial charge in [0.1, 0.15) is 30.5 Å². The molecule has 6 rings (SSSR count). The fourth-order valence-corrected chi connectivity index (χ4v) is 6.15. The average Bonchev–Trinajstić information content (AvgIpc) is 3.56. The van der Waals surface area contributed by atoms with Crippen LogP contribution in [0.5, 0.6) is 23.0 Å². The predicted octanol–water partition coefficient (Wildman–Crippen LogP) is 6.27. The van der Waals surface area contributed by atoms with Gasteiger partial charge in [-0.25, -0.2) is 4.98 Å². The van der Waals surface area contributed by atoms with Crippen LogP contribution >= 0.6 is 11.3 Å². The van der Waals surface area contributed by atoms with E-state index in [4.69, 9.17) is 23.9 Å². The van der Waals surface area contributed by atoms with Crippen LogP contribution in [0.15, 0.2) is 66.2 Å². The fourth-order valence-electron chi connectivity index (χ4n) is 5.13. The molecular weight excluding hydrogens is 556 g/mol. The molecule has 0 unspecified atom stereocenters. The second-order valence-corrected chi connectivity index (χ2v) is 11.0. The Bertz CT molecular complexity index is 1700. The third-order valence-corrected chi connectivity index (χ3v) is 8.26. The van der Waals surface area contributed by atoms with Crippen LogP contribution in [-0.4, -0.2) is 48.7 Å². The summed E-state index contributed by atoms with van der Waals surface area (Å²) in [5.41, 5.74) is 1.56. The first-order chi connectivity index (χ1) is 20.5. The van der Waals surface area contributed by atoms with E-state index in [1.165, 1.54) is 16.2 Å². The van der Waals surface area contributed by atoms with Gasteiger partial charge in [-0.05, 0) is 60.5 Å². The SMILES string of the molecule is CCCCCOc1cccc([C@@H]2C(=C(O)c3ccc4c(c3)OCCO4)C(=O)C(=O)N2c2nc3ccc(OC)cc3s2)c1. The topological polar surface area (TPSA) is 107 Å². The van der Waals surface area contributed by atoms with Gasteiger partial charge in [-0.1, -0.05) is 43.2 Å². The summed E-state index contributed by atoms with van der Waals surface area (Å²) in [5, 5.41) is 11.9. The number of hydrogen-bond acceptors (Lipinski definition) is 9. The minimum atomic E-state index is -0.945. The fraction of sp³-hybridized carbons (Fsp3) is 0.281. The molecule has 0 saturated carbocycles. The van der Waals surface area contributed by atoms with Gasteiger partial charge in [0.15, 0.2) is 16.6 Å². The largest absolute Gasteiger partial charge is 0.507 e. The first-order valence-electron chi connectivity index (χ1n) is 13.9. The van der Waals surface area contributed by atoms with Crippen molar-refractivity contribution in [3.05, 3.63) is 77.4 Å². The predicted molar refractivity (Wildman–Crippen MR) is 160 cm³/mol. The summed E-state index contributed by atoms with van der Waals surface area (Å²) in [5.74, 6) is 0.379. The Kier molecular flexibility index (Phi) is 7.71. The molecule has 1 saturated heterocycles. The average molecular weight is 587 g/mol. The molecular formula is C32H30N2O7S. The normalized spacial score (nSPS) is 17.6. The summed E-state index contributed by atoms with van der Waals surface area (Å²) in [6.45, 7) is 3.47. The Balaban J connectivity index is 1.47. The molecule has 0 aliphatic carbocycles. The molecule has 3 heterocycles. The maximum atomic E-state index is 13.7. The number of methoxy groups -OCH3 is 1. The zero-order chi connectivity index (χ0) is 29.2. The van der Waals surface area contributed by atoms with Crippen LogP contribution in [0, 0.1) is 0 Å². The van der Waals surface area contributed by atoms with Crippen LogP contribution in [0.2, 0.25) is 0 Å². The summed E-state index contributed by atoms with van der Waals surface area (Å²) in [4.78, 5) is 33.4. The van der Waals surface area contributed by atoms with Gasteiger partial charge in [-0.3, -0.25) is 14.5 Å². The van der Waals surface area contributed by atoms with Gasteiger partial charge >= 0.3 is 5.91 Å². The lowest BCUT2D eigenvalue weighted by molar-refractivity contribution is -0.132. The van der Waals surface area contributed by atoms with E-state index in [1.54, 1.807) is 37.4 Å². The number of anilines is 1. The van der Waals surface area contributed by atoms with Crippen molar-refractivity contribution in [2.75, 3.05) is 31.8 Å². The standard InChI is InChI=1S/C32H30N2O7S/c1-3-4-5-13-39-22-8-6-7-19(16-22)28-27(29(35)20-9-12-24-25(17-20)41-15-14-40-24)30(36)31(37)34(28)32-33-23-11-10-21(38-2)18-26(23)42-32/h6-12,16-18,28,35H,3-5,13-15H2,1-2H3/t28-/m1/s1. The minimum Gasteiger partial charge on any atom is -0.507 e. The number of nitrogens with zero attached hydrogens (tertiary/aromatic N) is 2. The number of ketones is 1. The van der Waals surface area contributed by atoms with Crippen LogP contribution < -0.4 is 23.8 Å². The van der Waals surface area contributed by atoms with Crippen molar-refractivity contribution in [1.29, 1.82) is 0 Å². The number of Topliss-reactive ketones (excluding diaryl/α,β-unsaturated/α-hetero) is 1. The Morgan fingerprint density at radius 1 is 1.02 bits per heavy atom. The van der Waals surface area contributed by atoms with Gasteiger partial charge < -0.3 is 24.1 Å². The van der Waals surface area contributed by atoms with E-state index < -0.39 is 17.7 Å². The van der Waals surface area contributed by atoms with Gasteiger partial charge in [-0.15, -0.1) is 0 Å². The lowest BCUT2D eigenvalue weighted by atomic mass is 9.95. The third kappa shape index (κ3) is 5.14. The van der Waals surface area contributed by atoms with Crippen molar-refractivity contribution < 1.29 is 33.6 Å².